The van der Waals surface area contributed by atoms with E-state index in [0.717, 1.165) is 24.3 Å². The first-order chi connectivity index (χ1) is 13.2. The van der Waals surface area contributed by atoms with Crippen LogP contribution in [0.15, 0.2) is 40.1 Å². The fourth-order valence-corrected chi connectivity index (χ4v) is 3.18. The summed E-state index contributed by atoms with van der Waals surface area (Å²) in [5.74, 6) is -3.45. The van der Waals surface area contributed by atoms with Crippen molar-refractivity contribution in [3.05, 3.63) is 53.3 Å². The molecule has 0 amide bonds. The Bertz CT molecular complexity index is 1300. The van der Waals surface area contributed by atoms with E-state index in [4.69, 9.17) is 20.7 Å². The van der Waals surface area contributed by atoms with Gasteiger partial charge in [0.05, 0.1) is 4.90 Å². The van der Waals surface area contributed by atoms with Gasteiger partial charge in [0.15, 0.2) is 5.02 Å². The van der Waals surface area contributed by atoms with Gasteiger partial charge in [-0.2, -0.15) is 40.0 Å². The number of rotatable bonds is 2. The van der Waals surface area contributed by atoms with Crippen molar-refractivity contribution in [2.45, 2.75) is 9.79 Å². The van der Waals surface area contributed by atoms with Gasteiger partial charge in [-0.1, -0.05) is 17.7 Å². The number of fused-ring (bicyclic) bond motifs is 1. The number of nitrogens with zero attached hydrogens (tertiary/aromatic N) is 2. The summed E-state index contributed by atoms with van der Waals surface area (Å²) in [6.45, 7) is 0. The van der Waals surface area contributed by atoms with Gasteiger partial charge in [0.2, 0.25) is 11.9 Å². The number of aromatic hydroxyl groups is 1. The summed E-state index contributed by atoms with van der Waals surface area (Å²) in [4.78, 5) is 3.87. The largest absolute Gasteiger partial charge is 0.506 e. The molecule has 9 nitrogen and oxygen atoms in total. The third-order valence-electron chi connectivity index (χ3n) is 3.21. The summed E-state index contributed by atoms with van der Waals surface area (Å²) in [6.07, 6.45) is -1.47. The van der Waals surface area contributed by atoms with Gasteiger partial charge >= 0.3 is 6.08 Å². The number of hydrogen-bond donors (Lipinski definition) is 3. The average Bonchev–Trinajstić information content (AvgIpc) is 2.57. The minimum Gasteiger partial charge on any atom is -0.506 e. The topological polar surface area (TPSA) is 155 Å². The molecule has 0 aliphatic rings. The minimum atomic E-state index is -4.64. The molecule has 0 unspecified atom stereocenters. The third kappa shape index (κ3) is 5.51. The van der Waals surface area contributed by atoms with E-state index in [1.807, 2.05) is 0 Å². The Morgan fingerprint density at radius 1 is 0.828 bits per heavy atom. The minimum absolute atomic E-state index is 0.126. The van der Waals surface area contributed by atoms with Crippen LogP contribution in [0.1, 0.15) is 0 Å². The van der Waals surface area contributed by atoms with E-state index in [0.29, 0.717) is 5.39 Å². The predicted molar refractivity (Wildman–Crippen MR) is 92.2 cm³/mol. The zero-order valence-corrected chi connectivity index (χ0v) is 16.0. The smallest absolute Gasteiger partial charge is 0.314 e. The van der Waals surface area contributed by atoms with E-state index in [2.05, 4.69) is 9.97 Å². The molecule has 3 aromatic rings. The fraction of sp³-hybridized carbons (Fsp3) is 0. The van der Waals surface area contributed by atoms with Crippen molar-refractivity contribution in [1.29, 1.82) is 0 Å². The van der Waals surface area contributed by atoms with Crippen LogP contribution in [0, 0.1) is 18.0 Å². The lowest BCUT2D eigenvalue weighted by molar-refractivity contribution is 0.439. The van der Waals surface area contributed by atoms with Gasteiger partial charge in [0.1, 0.15) is 10.6 Å². The lowest BCUT2D eigenvalue weighted by Crippen LogP contribution is -2.00. The normalized spacial score (nSPS) is 11.8. The van der Waals surface area contributed by atoms with Crippen LogP contribution in [0.3, 0.4) is 0 Å². The molecule has 2 aromatic carbocycles. The van der Waals surface area contributed by atoms with Crippen LogP contribution < -0.4 is 0 Å². The number of aromatic nitrogens is 2. The Morgan fingerprint density at radius 3 is 1.86 bits per heavy atom. The van der Waals surface area contributed by atoms with Crippen molar-refractivity contribution in [3.8, 4) is 5.75 Å². The van der Waals surface area contributed by atoms with Gasteiger partial charge in [-0.05, 0) is 35.0 Å². The molecular weight excluding hydrogens is 465 g/mol. The fourth-order valence-electron chi connectivity index (χ4n) is 1.98. The summed E-state index contributed by atoms with van der Waals surface area (Å²) in [5.41, 5.74) is 0. The van der Waals surface area contributed by atoms with Crippen molar-refractivity contribution in [2.75, 3.05) is 0 Å². The Hall–Kier alpha value is -2.52. The lowest BCUT2D eigenvalue weighted by atomic mass is 10.1. The van der Waals surface area contributed by atoms with E-state index < -0.39 is 58.8 Å². The lowest BCUT2D eigenvalue weighted by Gasteiger charge is -2.05. The summed E-state index contributed by atoms with van der Waals surface area (Å²) < 4.78 is 97.7. The van der Waals surface area contributed by atoms with Gasteiger partial charge in [0.25, 0.3) is 20.2 Å². The van der Waals surface area contributed by atoms with E-state index in [9.17, 15) is 35.1 Å². The first-order valence-electron chi connectivity index (χ1n) is 6.96. The van der Waals surface area contributed by atoms with Gasteiger partial charge in [-0.25, -0.2) is 0 Å². The third-order valence-corrected chi connectivity index (χ3v) is 5.25. The number of hydrogen-bond acceptors (Lipinski definition) is 7. The molecule has 0 radical (unpaired) electrons. The molecule has 29 heavy (non-hydrogen) atoms. The van der Waals surface area contributed by atoms with Gasteiger partial charge < -0.3 is 5.11 Å². The van der Waals surface area contributed by atoms with E-state index in [-0.39, 0.29) is 5.39 Å². The highest BCUT2D eigenvalue weighted by Crippen LogP contribution is 2.29. The average molecular weight is 473 g/mol. The van der Waals surface area contributed by atoms with Gasteiger partial charge in [-0.3, -0.25) is 9.11 Å². The van der Waals surface area contributed by atoms with Crippen LogP contribution in [0.5, 0.6) is 5.75 Å². The van der Waals surface area contributed by atoms with Crippen molar-refractivity contribution in [1.82, 2.24) is 9.97 Å². The maximum absolute atomic E-state index is 12.1. The number of phenols is 1. The SMILES string of the molecule is Fc1nc(F)c(Cl)c(F)n1.O=S(=O)(O)c1ccc2cc(O)c(S(=O)(=O)O)cc2c1. The van der Waals surface area contributed by atoms with E-state index in [1.165, 1.54) is 6.07 Å². The molecule has 0 aliphatic carbocycles. The Balaban J connectivity index is 0.000000253. The number of benzene rings is 2. The second-order valence-corrected chi connectivity index (χ2v) is 8.36. The van der Waals surface area contributed by atoms with Gasteiger partial charge in [-0.15, -0.1) is 0 Å². The molecule has 0 spiro atoms. The molecular formula is C14H8ClF3N2O7S2. The highest BCUT2D eigenvalue weighted by Gasteiger charge is 2.18. The maximum Gasteiger partial charge on any atom is 0.314 e. The molecule has 0 saturated carbocycles. The second kappa shape index (κ2) is 8.08. The molecule has 156 valence electrons. The van der Waals surface area contributed by atoms with Crippen LogP contribution in [0.4, 0.5) is 13.2 Å². The number of halogens is 4. The monoisotopic (exact) mass is 472 g/mol. The van der Waals surface area contributed by atoms with Crippen LogP contribution in [0.2, 0.25) is 5.02 Å². The molecule has 0 fully saturated rings. The quantitative estimate of drug-likeness (QED) is 0.290. The molecule has 0 bridgehead atoms. The Morgan fingerprint density at radius 2 is 1.38 bits per heavy atom. The Kier molecular flexibility index (Phi) is 6.34. The maximum atomic E-state index is 12.1. The van der Waals surface area contributed by atoms with Crippen molar-refractivity contribution in [3.63, 3.8) is 0 Å². The highest BCUT2D eigenvalue weighted by molar-refractivity contribution is 7.86. The first kappa shape index (κ1) is 22.8. The summed E-state index contributed by atoms with van der Waals surface area (Å²) in [6, 6.07) is 5.38. The molecule has 1 aromatic heterocycles. The van der Waals surface area contributed by atoms with Crippen LogP contribution >= 0.6 is 11.6 Å². The molecule has 15 heteroatoms. The summed E-state index contributed by atoms with van der Waals surface area (Å²) >= 11 is 4.91. The highest BCUT2D eigenvalue weighted by atomic mass is 35.5. The van der Waals surface area contributed by atoms with Crippen molar-refractivity contribution < 1.29 is 44.2 Å². The molecule has 0 saturated heterocycles. The van der Waals surface area contributed by atoms with Crippen LogP contribution in [0.25, 0.3) is 10.8 Å². The molecule has 0 atom stereocenters. The van der Waals surface area contributed by atoms with Crippen LogP contribution in [-0.4, -0.2) is 41.0 Å². The molecule has 3 rings (SSSR count). The van der Waals surface area contributed by atoms with Crippen molar-refractivity contribution in [2.24, 2.45) is 0 Å². The van der Waals surface area contributed by atoms with Crippen molar-refractivity contribution >= 4 is 42.6 Å². The molecule has 1 heterocycles. The Labute approximate surface area is 165 Å². The van der Waals surface area contributed by atoms with E-state index >= 15 is 0 Å². The standard InChI is InChI=1S/C10H8O7S2.C4ClF3N2/c11-9-4-6-1-2-8(18(12,13)14)3-7(6)5-10(9)19(15,16)17;5-1-2(6)9-4(8)10-3(1)7/h1-5,11H,(H,12,13,14)(H,15,16,17);. The van der Waals surface area contributed by atoms with E-state index in [1.54, 1.807) is 0 Å². The van der Waals surface area contributed by atoms with Crippen LogP contribution in [-0.2, 0) is 20.2 Å². The second-order valence-electron chi connectivity index (χ2n) is 5.17. The summed E-state index contributed by atoms with van der Waals surface area (Å²) in [7, 11) is -9.06. The van der Waals surface area contributed by atoms with Gasteiger partial charge in [0, 0.05) is 0 Å². The molecule has 0 aliphatic heterocycles. The predicted octanol–water partition coefficient (Wildman–Crippen LogP) is 2.59. The number of phenolic OH excluding ortho intramolecular Hbond substituents is 1. The zero-order valence-electron chi connectivity index (χ0n) is 13.6. The summed E-state index contributed by atoms with van der Waals surface area (Å²) in [5, 5.41) is 9.04. The first-order valence-corrected chi connectivity index (χ1v) is 10.2. The molecule has 3 N–H and O–H groups in total. The zero-order chi connectivity index (χ0) is 22.1.